The molecule has 0 aliphatic carbocycles. The Hall–Kier alpha value is -2.47. The molecule has 0 bridgehead atoms. The first-order valence-electron chi connectivity index (χ1n) is 8.28. The fraction of sp³-hybridized carbons (Fsp3) is 0.250. The summed E-state index contributed by atoms with van der Waals surface area (Å²) in [5, 5.41) is 0. The zero-order valence-electron chi connectivity index (χ0n) is 14.4. The van der Waals surface area contributed by atoms with E-state index in [2.05, 4.69) is 15.9 Å². The van der Waals surface area contributed by atoms with E-state index in [-0.39, 0.29) is 12.5 Å². The highest BCUT2D eigenvalue weighted by Crippen LogP contribution is 2.30. The number of ether oxygens (including phenoxy) is 1. The molecule has 0 saturated heterocycles. The average molecular weight is 416 g/mol. The van der Waals surface area contributed by atoms with E-state index in [1.807, 2.05) is 30.3 Å². The highest BCUT2D eigenvalue weighted by Gasteiger charge is 2.44. The minimum atomic E-state index is -0.968. The summed E-state index contributed by atoms with van der Waals surface area (Å²) >= 11 is 3.30. The second-order valence-electron chi connectivity index (χ2n) is 6.45. The van der Waals surface area contributed by atoms with Crippen molar-refractivity contribution in [3.8, 4) is 0 Å². The Morgan fingerprint density at radius 1 is 1.04 bits per heavy atom. The number of nitrogens with zero attached hydrogens (tertiary/aromatic N) is 1. The van der Waals surface area contributed by atoms with Gasteiger partial charge >= 0.3 is 5.97 Å². The number of carbonyl (C=O) groups is 3. The minimum absolute atomic E-state index is 0.0949. The summed E-state index contributed by atoms with van der Waals surface area (Å²) < 4.78 is 6.09. The summed E-state index contributed by atoms with van der Waals surface area (Å²) in [6.07, 6.45) is 0. The fourth-order valence-electron chi connectivity index (χ4n) is 2.97. The van der Waals surface area contributed by atoms with Gasteiger partial charge in [0, 0.05) is 4.47 Å². The van der Waals surface area contributed by atoms with Crippen molar-refractivity contribution in [3.05, 3.63) is 69.7 Å². The van der Waals surface area contributed by atoms with Crippen LogP contribution in [0.4, 0.5) is 0 Å². The zero-order chi connectivity index (χ0) is 18.8. The molecule has 1 aliphatic heterocycles. The summed E-state index contributed by atoms with van der Waals surface area (Å²) in [6, 6.07) is 13.2. The van der Waals surface area contributed by atoms with Crippen LogP contribution in [0.25, 0.3) is 0 Å². The SMILES string of the molecule is CC(C)C(C(=O)OCc1ccccc1)N1C(=O)c2ccc(Br)cc2C1=O. The molecule has 134 valence electrons. The van der Waals surface area contributed by atoms with Crippen molar-refractivity contribution in [2.75, 3.05) is 0 Å². The van der Waals surface area contributed by atoms with E-state index >= 15 is 0 Å². The van der Waals surface area contributed by atoms with Crippen LogP contribution >= 0.6 is 15.9 Å². The van der Waals surface area contributed by atoms with Crippen LogP contribution in [-0.4, -0.2) is 28.7 Å². The molecule has 6 heteroatoms. The van der Waals surface area contributed by atoms with Crippen molar-refractivity contribution in [2.24, 2.45) is 5.92 Å². The Kier molecular flexibility index (Phi) is 5.23. The molecule has 0 N–H and O–H groups in total. The molecule has 26 heavy (non-hydrogen) atoms. The molecular formula is C20H18BrNO4. The van der Waals surface area contributed by atoms with Gasteiger partial charge in [0.05, 0.1) is 11.1 Å². The number of benzene rings is 2. The molecule has 2 aromatic rings. The topological polar surface area (TPSA) is 63.7 Å². The maximum atomic E-state index is 12.8. The standard InChI is InChI=1S/C20H18BrNO4/c1-12(2)17(20(25)26-11-13-6-4-3-5-7-13)22-18(23)15-9-8-14(21)10-16(15)19(22)24/h3-10,12,17H,11H2,1-2H3. The Bertz CT molecular complexity index is 863. The molecule has 1 unspecified atom stereocenters. The van der Waals surface area contributed by atoms with Crippen LogP contribution in [0.15, 0.2) is 53.0 Å². The van der Waals surface area contributed by atoms with Gasteiger partial charge in [-0.05, 0) is 29.7 Å². The van der Waals surface area contributed by atoms with Gasteiger partial charge in [0.25, 0.3) is 11.8 Å². The molecular weight excluding hydrogens is 398 g/mol. The number of halogens is 1. The first kappa shape index (κ1) is 18.3. The predicted octanol–water partition coefficient (Wildman–Crippen LogP) is 3.81. The lowest BCUT2D eigenvalue weighted by Crippen LogP contribution is -2.48. The third kappa shape index (κ3) is 3.42. The maximum Gasteiger partial charge on any atom is 0.329 e. The minimum Gasteiger partial charge on any atom is -0.459 e. The summed E-state index contributed by atoms with van der Waals surface area (Å²) in [7, 11) is 0. The number of rotatable bonds is 5. The lowest BCUT2D eigenvalue weighted by atomic mass is 10.0. The van der Waals surface area contributed by atoms with Gasteiger partial charge in [-0.1, -0.05) is 60.1 Å². The van der Waals surface area contributed by atoms with E-state index in [1.165, 1.54) is 0 Å². The molecule has 3 rings (SSSR count). The van der Waals surface area contributed by atoms with Crippen LogP contribution in [-0.2, 0) is 16.1 Å². The molecule has 1 heterocycles. The van der Waals surface area contributed by atoms with Gasteiger partial charge in [0.1, 0.15) is 12.6 Å². The van der Waals surface area contributed by atoms with E-state index in [0.29, 0.717) is 15.6 Å². The molecule has 2 amide bonds. The number of amides is 2. The Balaban J connectivity index is 1.83. The lowest BCUT2D eigenvalue weighted by Gasteiger charge is -2.27. The van der Waals surface area contributed by atoms with Crippen LogP contribution in [0.2, 0.25) is 0 Å². The molecule has 0 fully saturated rings. The second kappa shape index (κ2) is 7.41. The molecule has 0 saturated carbocycles. The first-order valence-corrected chi connectivity index (χ1v) is 9.07. The largest absolute Gasteiger partial charge is 0.459 e. The van der Waals surface area contributed by atoms with E-state index in [9.17, 15) is 14.4 Å². The molecule has 2 aromatic carbocycles. The Labute approximate surface area is 160 Å². The zero-order valence-corrected chi connectivity index (χ0v) is 16.0. The third-order valence-electron chi connectivity index (χ3n) is 4.26. The summed E-state index contributed by atoms with van der Waals surface area (Å²) in [5.41, 5.74) is 1.44. The Morgan fingerprint density at radius 2 is 1.69 bits per heavy atom. The van der Waals surface area contributed by atoms with Crippen LogP contribution in [0.3, 0.4) is 0 Å². The van der Waals surface area contributed by atoms with E-state index in [1.54, 1.807) is 32.0 Å². The summed E-state index contributed by atoms with van der Waals surface area (Å²) in [4.78, 5) is 39.2. The van der Waals surface area contributed by atoms with Gasteiger partial charge < -0.3 is 4.74 Å². The molecule has 0 radical (unpaired) electrons. The number of carbonyl (C=O) groups excluding carboxylic acids is 3. The van der Waals surface area contributed by atoms with Crippen molar-refractivity contribution >= 4 is 33.7 Å². The first-order chi connectivity index (χ1) is 12.4. The molecule has 0 spiro atoms. The van der Waals surface area contributed by atoms with Crippen LogP contribution in [0.1, 0.15) is 40.1 Å². The summed E-state index contributed by atoms with van der Waals surface area (Å²) in [6.45, 7) is 3.67. The van der Waals surface area contributed by atoms with Crippen molar-refractivity contribution in [3.63, 3.8) is 0 Å². The highest BCUT2D eigenvalue weighted by atomic mass is 79.9. The van der Waals surface area contributed by atoms with Gasteiger partial charge in [-0.25, -0.2) is 4.79 Å². The number of hydrogen-bond donors (Lipinski definition) is 0. The number of fused-ring (bicyclic) bond motifs is 1. The number of esters is 1. The highest BCUT2D eigenvalue weighted by molar-refractivity contribution is 9.10. The van der Waals surface area contributed by atoms with Crippen LogP contribution in [0.5, 0.6) is 0 Å². The third-order valence-corrected chi connectivity index (χ3v) is 4.75. The van der Waals surface area contributed by atoms with Gasteiger partial charge in [-0.3, -0.25) is 14.5 Å². The molecule has 5 nitrogen and oxygen atoms in total. The van der Waals surface area contributed by atoms with E-state index in [4.69, 9.17) is 4.74 Å². The summed E-state index contributed by atoms with van der Waals surface area (Å²) in [5.74, 6) is -1.80. The van der Waals surface area contributed by atoms with E-state index in [0.717, 1.165) is 10.5 Å². The van der Waals surface area contributed by atoms with Crippen LogP contribution < -0.4 is 0 Å². The lowest BCUT2D eigenvalue weighted by molar-refractivity contribution is -0.151. The van der Waals surface area contributed by atoms with Crippen molar-refractivity contribution in [1.82, 2.24) is 4.90 Å². The monoisotopic (exact) mass is 415 g/mol. The number of imide groups is 1. The van der Waals surface area contributed by atoms with Crippen molar-refractivity contribution < 1.29 is 19.1 Å². The van der Waals surface area contributed by atoms with Gasteiger partial charge in [0.2, 0.25) is 0 Å². The van der Waals surface area contributed by atoms with Crippen molar-refractivity contribution in [2.45, 2.75) is 26.5 Å². The fourth-order valence-corrected chi connectivity index (χ4v) is 3.34. The predicted molar refractivity (Wildman–Crippen MR) is 99.5 cm³/mol. The van der Waals surface area contributed by atoms with Gasteiger partial charge in [-0.2, -0.15) is 0 Å². The quantitative estimate of drug-likeness (QED) is 0.549. The van der Waals surface area contributed by atoms with Crippen molar-refractivity contribution in [1.29, 1.82) is 0 Å². The maximum absolute atomic E-state index is 12.8. The molecule has 1 atom stereocenters. The normalized spacial score (nSPS) is 14.5. The van der Waals surface area contributed by atoms with Gasteiger partial charge in [0.15, 0.2) is 0 Å². The van der Waals surface area contributed by atoms with Crippen LogP contribution in [0, 0.1) is 5.92 Å². The van der Waals surface area contributed by atoms with Gasteiger partial charge in [-0.15, -0.1) is 0 Å². The molecule has 1 aliphatic rings. The van der Waals surface area contributed by atoms with E-state index < -0.39 is 23.8 Å². The average Bonchev–Trinajstić information content (AvgIpc) is 2.85. The Morgan fingerprint density at radius 3 is 2.35 bits per heavy atom. The number of hydrogen-bond acceptors (Lipinski definition) is 4. The second-order valence-corrected chi connectivity index (χ2v) is 7.37. The molecule has 0 aromatic heterocycles. The smallest absolute Gasteiger partial charge is 0.329 e.